The lowest BCUT2D eigenvalue weighted by Gasteiger charge is -2.48. The first-order chi connectivity index (χ1) is 12.0. The number of morpholine rings is 1. The molecule has 0 bridgehead atoms. The van der Waals surface area contributed by atoms with Gasteiger partial charge in [0.15, 0.2) is 5.76 Å². The van der Waals surface area contributed by atoms with Gasteiger partial charge in [0.1, 0.15) is 5.56 Å². The minimum absolute atomic E-state index is 0.0549. The van der Waals surface area contributed by atoms with Gasteiger partial charge in [-0.15, -0.1) is 0 Å². The lowest BCUT2D eigenvalue weighted by Crippen LogP contribution is -2.59. The Bertz CT molecular complexity index is 585. The van der Waals surface area contributed by atoms with Gasteiger partial charge in [0.25, 0.3) is 5.91 Å². The van der Waals surface area contributed by atoms with Crippen molar-refractivity contribution in [1.29, 1.82) is 0 Å². The summed E-state index contributed by atoms with van der Waals surface area (Å²) in [6.45, 7) is 10.1. The Kier molecular flexibility index (Phi) is 5.79. The molecule has 140 valence electrons. The van der Waals surface area contributed by atoms with E-state index in [1.807, 2.05) is 20.8 Å². The minimum atomic E-state index is -0.0549. The Hall–Kier alpha value is -1.40. The number of rotatable bonds is 5. The van der Waals surface area contributed by atoms with E-state index in [-0.39, 0.29) is 17.4 Å². The first-order valence-corrected chi connectivity index (χ1v) is 9.61. The summed E-state index contributed by atoms with van der Waals surface area (Å²) in [5.74, 6) is 0.768. The van der Waals surface area contributed by atoms with Gasteiger partial charge in [-0.05, 0) is 19.8 Å². The molecule has 0 radical (unpaired) electrons. The standard InChI is InChI=1S/C19H31N3O3/c1-14(2)17-16(15(3)21-25-17)18(23)20-13-19(7-5-4-6-8-19)22-9-11-24-12-10-22/h14H,4-13H2,1-3H3,(H,20,23). The van der Waals surface area contributed by atoms with E-state index in [9.17, 15) is 4.79 Å². The van der Waals surface area contributed by atoms with Crippen molar-refractivity contribution in [1.82, 2.24) is 15.4 Å². The van der Waals surface area contributed by atoms with Crippen LogP contribution in [0.1, 0.15) is 73.7 Å². The predicted molar refractivity (Wildman–Crippen MR) is 95.9 cm³/mol. The summed E-state index contributed by atoms with van der Waals surface area (Å²) < 4.78 is 10.9. The highest BCUT2D eigenvalue weighted by molar-refractivity contribution is 5.96. The van der Waals surface area contributed by atoms with Crippen molar-refractivity contribution >= 4 is 5.91 Å². The fourth-order valence-corrected chi connectivity index (χ4v) is 4.24. The molecule has 0 aromatic carbocycles. The number of carbonyl (C=O) groups excluding carboxylic acids is 1. The monoisotopic (exact) mass is 349 g/mol. The van der Waals surface area contributed by atoms with Crippen molar-refractivity contribution < 1.29 is 14.1 Å². The number of nitrogens with one attached hydrogen (secondary N) is 1. The molecular weight excluding hydrogens is 318 g/mol. The summed E-state index contributed by atoms with van der Waals surface area (Å²) in [4.78, 5) is 15.4. The van der Waals surface area contributed by atoms with Crippen LogP contribution < -0.4 is 5.32 Å². The molecule has 2 fully saturated rings. The summed E-state index contributed by atoms with van der Waals surface area (Å²) in [5.41, 5.74) is 1.36. The molecule has 1 saturated carbocycles. The van der Waals surface area contributed by atoms with Crippen molar-refractivity contribution in [2.24, 2.45) is 0 Å². The van der Waals surface area contributed by atoms with E-state index in [4.69, 9.17) is 9.26 Å². The SMILES string of the molecule is Cc1noc(C(C)C)c1C(=O)NCC1(N2CCOCC2)CCCCC1. The molecule has 6 nitrogen and oxygen atoms in total. The first-order valence-electron chi connectivity index (χ1n) is 9.61. The van der Waals surface area contributed by atoms with Crippen LogP contribution in [0.25, 0.3) is 0 Å². The van der Waals surface area contributed by atoms with Gasteiger partial charge < -0.3 is 14.6 Å². The highest BCUT2D eigenvalue weighted by atomic mass is 16.5. The predicted octanol–water partition coefficient (Wildman–Crippen LogP) is 2.87. The molecule has 1 aromatic rings. The van der Waals surface area contributed by atoms with Crippen LogP contribution in [0.5, 0.6) is 0 Å². The van der Waals surface area contributed by atoms with Crippen LogP contribution in [0.2, 0.25) is 0 Å². The number of hydrogen-bond donors (Lipinski definition) is 1. The maximum Gasteiger partial charge on any atom is 0.256 e. The molecule has 3 rings (SSSR count). The molecule has 0 unspecified atom stereocenters. The molecule has 1 saturated heterocycles. The van der Waals surface area contributed by atoms with Crippen LogP contribution in [-0.2, 0) is 4.74 Å². The number of ether oxygens (including phenoxy) is 1. The Morgan fingerprint density at radius 3 is 2.56 bits per heavy atom. The van der Waals surface area contributed by atoms with E-state index in [0.29, 0.717) is 23.6 Å². The quantitative estimate of drug-likeness (QED) is 0.885. The van der Waals surface area contributed by atoms with E-state index in [1.165, 1.54) is 19.3 Å². The second-order valence-corrected chi connectivity index (χ2v) is 7.73. The summed E-state index contributed by atoms with van der Waals surface area (Å²) in [7, 11) is 0. The molecule has 6 heteroatoms. The molecular formula is C19H31N3O3. The third kappa shape index (κ3) is 3.90. The molecule has 1 aliphatic heterocycles. The summed E-state index contributed by atoms with van der Waals surface area (Å²) in [5, 5.41) is 7.21. The van der Waals surface area contributed by atoms with Crippen LogP contribution in [0.15, 0.2) is 4.52 Å². The Morgan fingerprint density at radius 2 is 1.92 bits per heavy atom. The molecule has 1 amide bonds. The van der Waals surface area contributed by atoms with Gasteiger partial charge in [-0.1, -0.05) is 38.3 Å². The summed E-state index contributed by atoms with van der Waals surface area (Å²) in [6.07, 6.45) is 6.05. The highest BCUT2D eigenvalue weighted by Gasteiger charge is 2.39. The molecule has 1 aliphatic carbocycles. The van der Waals surface area contributed by atoms with Crippen molar-refractivity contribution in [2.75, 3.05) is 32.8 Å². The van der Waals surface area contributed by atoms with Gasteiger partial charge in [0, 0.05) is 31.1 Å². The topological polar surface area (TPSA) is 67.6 Å². The van der Waals surface area contributed by atoms with E-state index in [0.717, 1.165) is 39.1 Å². The number of carbonyl (C=O) groups is 1. The van der Waals surface area contributed by atoms with Gasteiger partial charge in [0.2, 0.25) is 0 Å². The van der Waals surface area contributed by atoms with E-state index >= 15 is 0 Å². The fourth-order valence-electron chi connectivity index (χ4n) is 4.24. The van der Waals surface area contributed by atoms with Gasteiger partial charge in [-0.25, -0.2) is 0 Å². The molecule has 2 aliphatic rings. The first kappa shape index (κ1) is 18.4. The average Bonchev–Trinajstić information content (AvgIpc) is 3.03. The van der Waals surface area contributed by atoms with Gasteiger partial charge in [-0.3, -0.25) is 9.69 Å². The number of nitrogens with zero attached hydrogens (tertiary/aromatic N) is 2. The number of aryl methyl sites for hydroxylation is 1. The number of hydrogen-bond acceptors (Lipinski definition) is 5. The van der Waals surface area contributed by atoms with Gasteiger partial charge >= 0.3 is 0 Å². The molecule has 0 spiro atoms. The number of amides is 1. The maximum absolute atomic E-state index is 12.9. The summed E-state index contributed by atoms with van der Waals surface area (Å²) in [6, 6.07) is 0. The Labute approximate surface area is 150 Å². The van der Waals surface area contributed by atoms with E-state index in [2.05, 4.69) is 15.4 Å². The lowest BCUT2D eigenvalue weighted by molar-refractivity contribution is -0.0361. The van der Waals surface area contributed by atoms with Crippen LogP contribution in [0.4, 0.5) is 0 Å². The number of aromatic nitrogens is 1. The Morgan fingerprint density at radius 1 is 1.24 bits per heavy atom. The van der Waals surface area contributed by atoms with Crippen molar-refractivity contribution in [3.05, 3.63) is 17.0 Å². The summed E-state index contributed by atoms with van der Waals surface area (Å²) >= 11 is 0. The fraction of sp³-hybridized carbons (Fsp3) is 0.789. The van der Waals surface area contributed by atoms with Crippen molar-refractivity contribution in [2.45, 2.75) is 64.3 Å². The zero-order valence-corrected chi connectivity index (χ0v) is 15.8. The van der Waals surface area contributed by atoms with Crippen LogP contribution in [-0.4, -0.2) is 54.4 Å². The second kappa shape index (κ2) is 7.87. The van der Waals surface area contributed by atoms with Gasteiger partial charge in [-0.2, -0.15) is 0 Å². The maximum atomic E-state index is 12.9. The third-order valence-electron chi connectivity index (χ3n) is 5.68. The van der Waals surface area contributed by atoms with Crippen LogP contribution in [0.3, 0.4) is 0 Å². The zero-order chi connectivity index (χ0) is 17.9. The second-order valence-electron chi connectivity index (χ2n) is 7.73. The molecule has 25 heavy (non-hydrogen) atoms. The van der Waals surface area contributed by atoms with E-state index in [1.54, 1.807) is 0 Å². The molecule has 0 atom stereocenters. The van der Waals surface area contributed by atoms with Crippen molar-refractivity contribution in [3.8, 4) is 0 Å². The Balaban J connectivity index is 1.73. The molecule has 1 N–H and O–H groups in total. The minimum Gasteiger partial charge on any atom is -0.379 e. The van der Waals surface area contributed by atoms with Gasteiger partial charge in [0.05, 0.1) is 18.9 Å². The van der Waals surface area contributed by atoms with E-state index < -0.39 is 0 Å². The lowest BCUT2D eigenvalue weighted by atomic mass is 9.79. The van der Waals surface area contributed by atoms with Crippen LogP contribution >= 0.6 is 0 Å². The average molecular weight is 349 g/mol. The highest BCUT2D eigenvalue weighted by Crippen LogP contribution is 2.34. The smallest absolute Gasteiger partial charge is 0.256 e. The molecule has 2 heterocycles. The van der Waals surface area contributed by atoms with Crippen LogP contribution in [0, 0.1) is 6.92 Å². The third-order valence-corrected chi connectivity index (χ3v) is 5.68. The van der Waals surface area contributed by atoms with Crippen molar-refractivity contribution in [3.63, 3.8) is 0 Å². The largest absolute Gasteiger partial charge is 0.379 e. The zero-order valence-electron chi connectivity index (χ0n) is 15.8. The normalized spacial score (nSPS) is 21.4. The molecule has 1 aromatic heterocycles.